The van der Waals surface area contributed by atoms with Crippen molar-refractivity contribution >= 4 is 50.7 Å². The monoisotopic (exact) mass is 617 g/mol. The van der Waals surface area contributed by atoms with E-state index in [-0.39, 0.29) is 33.1 Å². The summed E-state index contributed by atoms with van der Waals surface area (Å²) in [6.45, 7) is 10.7. The third-order valence-corrected chi connectivity index (χ3v) is 8.99. The lowest BCUT2D eigenvalue weighted by Gasteiger charge is -2.35. The van der Waals surface area contributed by atoms with Gasteiger partial charge in [-0.25, -0.2) is 8.42 Å². The number of sulfonamides is 1. The first-order chi connectivity index (χ1) is 19.1. The Kier molecular flexibility index (Phi) is 10.5. The van der Waals surface area contributed by atoms with Gasteiger partial charge in [-0.3, -0.25) is 13.9 Å². The molecule has 0 saturated heterocycles. The summed E-state index contributed by atoms with van der Waals surface area (Å²) in [5.41, 5.74) is 2.23. The maximum Gasteiger partial charge on any atom is 0.264 e. The Hall–Kier alpha value is -3.07. The molecule has 0 heterocycles. The smallest absolute Gasteiger partial charge is 0.264 e. The molecule has 2 amide bonds. The summed E-state index contributed by atoms with van der Waals surface area (Å²) < 4.78 is 29.0. The maximum atomic E-state index is 14.2. The van der Waals surface area contributed by atoms with Crippen LogP contribution in [0, 0.1) is 13.8 Å². The standard InChI is InChI=1S/C31H37Cl2N3O4S/c1-7-26(30(38)34-31(4,5)6)35(19-23-11-8-10-22(3)18-23)28(37)20-36(27-13-9-12-25(32)29(27)33)41(39,40)24-16-14-21(2)15-17-24/h8-18,26H,7,19-20H2,1-6H3,(H,34,38)/t26-/m1/s1. The Balaban J connectivity index is 2.12. The largest absolute Gasteiger partial charge is 0.350 e. The number of carbonyl (C=O) groups is 2. The third kappa shape index (κ3) is 8.24. The van der Waals surface area contributed by atoms with Gasteiger partial charge in [0.05, 0.1) is 20.6 Å². The average molecular weight is 619 g/mol. The second kappa shape index (κ2) is 13.3. The quantitative estimate of drug-likeness (QED) is 0.280. The molecule has 41 heavy (non-hydrogen) atoms. The van der Waals surface area contributed by atoms with Gasteiger partial charge in [-0.1, -0.05) is 83.7 Å². The normalized spacial score (nSPS) is 12.5. The molecule has 3 aromatic carbocycles. The fourth-order valence-corrected chi connectivity index (χ4v) is 6.29. The molecule has 0 spiro atoms. The summed E-state index contributed by atoms with van der Waals surface area (Å²) in [4.78, 5) is 29.0. The molecule has 0 aliphatic carbocycles. The Labute approximate surface area is 253 Å². The molecule has 0 unspecified atom stereocenters. The number of carbonyl (C=O) groups excluding carboxylic acids is 2. The summed E-state index contributed by atoms with van der Waals surface area (Å²) in [7, 11) is -4.26. The van der Waals surface area contributed by atoms with Crippen LogP contribution in [0.4, 0.5) is 5.69 Å². The van der Waals surface area contributed by atoms with Crippen molar-refractivity contribution in [3.63, 3.8) is 0 Å². The second-order valence-electron chi connectivity index (χ2n) is 11.1. The molecular formula is C31H37Cl2N3O4S. The van der Waals surface area contributed by atoms with Gasteiger partial charge in [0.1, 0.15) is 12.6 Å². The first-order valence-corrected chi connectivity index (χ1v) is 15.5. The van der Waals surface area contributed by atoms with E-state index in [2.05, 4.69) is 5.32 Å². The molecule has 0 aliphatic rings. The number of nitrogens with one attached hydrogen (secondary N) is 1. The van der Waals surface area contributed by atoms with Gasteiger partial charge in [0.15, 0.2) is 0 Å². The van der Waals surface area contributed by atoms with E-state index in [0.717, 1.165) is 21.0 Å². The highest BCUT2D eigenvalue weighted by atomic mass is 35.5. The van der Waals surface area contributed by atoms with Crippen molar-refractivity contribution in [3.05, 3.63) is 93.5 Å². The van der Waals surface area contributed by atoms with Crippen molar-refractivity contribution in [2.24, 2.45) is 0 Å². The zero-order chi connectivity index (χ0) is 30.5. The molecule has 0 bridgehead atoms. The van der Waals surface area contributed by atoms with Crippen LogP contribution in [0.15, 0.2) is 71.6 Å². The zero-order valence-electron chi connectivity index (χ0n) is 24.2. The highest BCUT2D eigenvalue weighted by Crippen LogP contribution is 2.35. The van der Waals surface area contributed by atoms with Crippen LogP contribution in [-0.4, -0.2) is 43.3 Å². The Bertz CT molecular complexity index is 1500. The van der Waals surface area contributed by atoms with E-state index >= 15 is 0 Å². The van der Waals surface area contributed by atoms with Crippen molar-refractivity contribution in [1.82, 2.24) is 10.2 Å². The Morgan fingerprint density at radius 1 is 0.927 bits per heavy atom. The van der Waals surface area contributed by atoms with Gasteiger partial charge in [-0.15, -0.1) is 0 Å². The number of hydrogen-bond acceptors (Lipinski definition) is 4. The summed E-state index contributed by atoms with van der Waals surface area (Å²) in [5, 5.41) is 3.11. The van der Waals surface area contributed by atoms with Crippen LogP contribution in [0.3, 0.4) is 0 Å². The van der Waals surface area contributed by atoms with Gasteiger partial charge in [-0.05, 0) is 70.9 Å². The molecule has 0 aliphatic heterocycles. The van der Waals surface area contributed by atoms with Crippen molar-refractivity contribution < 1.29 is 18.0 Å². The van der Waals surface area contributed by atoms with Crippen LogP contribution in [0.2, 0.25) is 10.0 Å². The molecule has 1 atom stereocenters. The molecule has 0 aromatic heterocycles. The number of hydrogen-bond donors (Lipinski definition) is 1. The highest BCUT2D eigenvalue weighted by Gasteiger charge is 2.35. The van der Waals surface area contributed by atoms with Crippen LogP contribution in [-0.2, 0) is 26.2 Å². The molecule has 0 saturated carbocycles. The minimum Gasteiger partial charge on any atom is -0.350 e. The molecule has 1 N–H and O–H groups in total. The van der Waals surface area contributed by atoms with E-state index in [1.54, 1.807) is 24.3 Å². The van der Waals surface area contributed by atoms with Crippen LogP contribution < -0.4 is 9.62 Å². The summed E-state index contributed by atoms with van der Waals surface area (Å²) >= 11 is 12.8. The molecule has 7 nitrogen and oxygen atoms in total. The van der Waals surface area contributed by atoms with E-state index in [4.69, 9.17) is 23.2 Å². The number of nitrogens with zero attached hydrogens (tertiary/aromatic N) is 2. The fourth-order valence-electron chi connectivity index (χ4n) is 4.42. The lowest BCUT2D eigenvalue weighted by Crippen LogP contribution is -2.55. The van der Waals surface area contributed by atoms with Gasteiger partial charge >= 0.3 is 0 Å². The predicted molar refractivity (Wildman–Crippen MR) is 166 cm³/mol. The minimum atomic E-state index is -4.26. The zero-order valence-corrected chi connectivity index (χ0v) is 26.6. The van der Waals surface area contributed by atoms with Crippen LogP contribution in [0.25, 0.3) is 0 Å². The predicted octanol–water partition coefficient (Wildman–Crippen LogP) is 6.53. The number of amides is 2. The van der Waals surface area contributed by atoms with Crippen LogP contribution in [0.5, 0.6) is 0 Å². The van der Waals surface area contributed by atoms with E-state index < -0.39 is 34.1 Å². The van der Waals surface area contributed by atoms with Gasteiger partial charge in [0, 0.05) is 12.1 Å². The molecular weight excluding hydrogens is 581 g/mol. The van der Waals surface area contributed by atoms with Crippen molar-refractivity contribution in [3.8, 4) is 0 Å². The number of benzene rings is 3. The van der Waals surface area contributed by atoms with E-state index in [1.165, 1.54) is 23.1 Å². The lowest BCUT2D eigenvalue weighted by atomic mass is 10.0. The Morgan fingerprint density at radius 3 is 2.15 bits per heavy atom. The maximum absolute atomic E-state index is 14.2. The van der Waals surface area contributed by atoms with Crippen LogP contribution >= 0.6 is 23.2 Å². The lowest BCUT2D eigenvalue weighted by molar-refractivity contribution is -0.141. The first-order valence-electron chi connectivity index (χ1n) is 13.3. The number of anilines is 1. The first kappa shape index (κ1) is 32.4. The van der Waals surface area contributed by atoms with Crippen molar-refractivity contribution in [1.29, 1.82) is 0 Å². The van der Waals surface area contributed by atoms with Crippen molar-refractivity contribution in [2.45, 2.75) is 71.0 Å². The second-order valence-corrected chi connectivity index (χ2v) is 13.7. The molecule has 220 valence electrons. The van der Waals surface area contributed by atoms with Gasteiger partial charge in [-0.2, -0.15) is 0 Å². The number of rotatable bonds is 10. The van der Waals surface area contributed by atoms with E-state index in [0.29, 0.717) is 6.42 Å². The SMILES string of the molecule is CC[C@H](C(=O)NC(C)(C)C)N(Cc1cccc(C)c1)C(=O)CN(c1cccc(Cl)c1Cl)S(=O)(=O)c1ccc(C)cc1. The summed E-state index contributed by atoms with van der Waals surface area (Å²) in [6, 6.07) is 17.7. The van der Waals surface area contributed by atoms with Crippen molar-refractivity contribution in [2.75, 3.05) is 10.8 Å². The van der Waals surface area contributed by atoms with E-state index in [1.807, 2.05) is 65.8 Å². The minimum absolute atomic E-state index is 0.000375. The number of aryl methyl sites for hydroxylation is 2. The Morgan fingerprint density at radius 2 is 1.56 bits per heavy atom. The topological polar surface area (TPSA) is 86.8 Å². The molecule has 3 rings (SSSR count). The average Bonchev–Trinajstić information content (AvgIpc) is 2.88. The van der Waals surface area contributed by atoms with Crippen LogP contribution in [0.1, 0.15) is 50.8 Å². The van der Waals surface area contributed by atoms with Gasteiger partial charge in [0.2, 0.25) is 11.8 Å². The van der Waals surface area contributed by atoms with Gasteiger partial charge < -0.3 is 10.2 Å². The fraction of sp³-hybridized carbons (Fsp3) is 0.355. The molecule has 10 heteroatoms. The van der Waals surface area contributed by atoms with E-state index in [9.17, 15) is 18.0 Å². The summed E-state index contributed by atoms with van der Waals surface area (Å²) in [6.07, 6.45) is 0.322. The summed E-state index contributed by atoms with van der Waals surface area (Å²) in [5.74, 6) is -0.885. The van der Waals surface area contributed by atoms with Gasteiger partial charge in [0.25, 0.3) is 10.0 Å². The molecule has 3 aromatic rings. The highest BCUT2D eigenvalue weighted by molar-refractivity contribution is 7.92. The molecule has 0 fully saturated rings. The third-order valence-electron chi connectivity index (χ3n) is 6.41. The number of halogens is 2. The molecule has 0 radical (unpaired) electrons.